The van der Waals surface area contributed by atoms with E-state index in [-0.39, 0.29) is 53.8 Å². The summed E-state index contributed by atoms with van der Waals surface area (Å²) in [5.74, 6) is -2.19. The standard InChI is InChI=1S/C26H44N4O6S/c1-11-16(6)21(28-23(32)22(15(4)5)29(8)9)25(33)30(10)19(14(2)3)12-20(36-17(7)31)24-27-18(13-37-24)26(34)35/h13-16,19-22H,11-12H2,1-10H3,(H,28,32)(H,34,35)/t16-,19+,20+,21-,22-/m0/s1. The monoisotopic (exact) mass is 540 g/mol. The molecule has 1 aromatic heterocycles. The van der Waals surface area contributed by atoms with E-state index >= 15 is 0 Å². The normalized spacial score (nSPS) is 15.7. The maximum absolute atomic E-state index is 13.8. The number of hydrogen-bond acceptors (Lipinski definition) is 8. The van der Waals surface area contributed by atoms with E-state index in [1.54, 1.807) is 11.9 Å². The fourth-order valence-corrected chi connectivity index (χ4v) is 5.30. The van der Waals surface area contributed by atoms with E-state index < -0.39 is 24.1 Å². The molecule has 1 heterocycles. The first-order valence-electron chi connectivity index (χ1n) is 12.7. The molecule has 2 N–H and O–H groups in total. The van der Waals surface area contributed by atoms with Gasteiger partial charge in [0, 0.05) is 31.8 Å². The molecule has 5 atom stereocenters. The lowest BCUT2D eigenvalue weighted by molar-refractivity contribution is -0.149. The Hall–Kier alpha value is -2.53. The second-order valence-corrected chi connectivity index (χ2v) is 11.4. The number of aromatic carboxylic acids is 1. The first-order valence-corrected chi connectivity index (χ1v) is 13.6. The lowest BCUT2D eigenvalue weighted by Gasteiger charge is -2.37. The van der Waals surface area contributed by atoms with Gasteiger partial charge in [0.1, 0.15) is 11.0 Å². The van der Waals surface area contributed by atoms with Crippen LogP contribution in [0.25, 0.3) is 0 Å². The molecule has 2 amide bonds. The number of ether oxygens (including phenoxy) is 1. The lowest BCUT2D eigenvalue weighted by atomic mass is 9.92. The molecule has 0 saturated carbocycles. The van der Waals surface area contributed by atoms with Gasteiger partial charge in [0.15, 0.2) is 11.8 Å². The molecule has 0 aliphatic heterocycles. The Balaban J connectivity index is 3.28. The highest BCUT2D eigenvalue weighted by Crippen LogP contribution is 2.31. The van der Waals surface area contributed by atoms with Crippen LogP contribution in [0.4, 0.5) is 0 Å². The molecule has 0 unspecified atom stereocenters. The van der Waals surface area contributed by atoms with Crippen LogP contribution in [0, 0.1) is 17.8 Å². The Kier molecular flexibility index (Phi) is 12.7. The molecule has 1 aromatic rings. The second kappa shape index (κ2) is 14.4. The Morgan fingerprint density at radius 2 is 1.68 bits per heavy atom. The number of likely N-dealkylation sites (N-methyl/N-ethyl adjacent to an activating group) is 2. The Morgan fingerprint density at radius 3 is 2.08 bits per heavy atom. The molecule has 0 aliphatic carbocycles. The number of thiazole rings is 1. The first kappa shape index (κ1) is 32.5. The minimum atomic E-state index is -1.17. The van der Waals surface area contributed by atoms with E-state index in [2.05, 4.69) is 10.3 Å². The van der Waals surface area contributed by atoms with E-state index in [4.69, 9.17) is 4.74 Å². The molecule has 0 saturated heterocycles. The molecule has 0 aliphatic rings. The van der Waals surface area contributed by atoms with E-state index in [9.17, 15) is 24.3 Å². The Morgan fingerprint density at radius 1 is 1.08 bits per heavy atom. The van der Waals surface area contributed by atoms with E-state index in [1.807, 2.05) is 60.5 Å². The summed E-state index contributed by atoms with van der Waals surface area (Å²) in [6.07, 6.45) is 0.117. The highest BCUT2D eigenvalue weighted by molar-refractivity contribution is 7.09. The molecular formula is C26H44N4O6S. The van der Waals surface area contributed by atoms with Crippen molar-refractivity contribution >= 4 is 35.1 Å². The number of esters is 1. The van der Waals surface area contributed by atoms with Crippen molar-refractivity contribution in [2.75, 3.05) is 21.1 Å². The number of carbonyl (C=O) groups is 4. The zero-order valence-electron chi connectivity index (χ0n) is 23.8. The number of carboxylic acids is 1. The smallest absolute Gasteiger partial charge is 0.355 e. The van der Waals surface area contributed by atoms with Crippen LogP contribution < -0.4 is 5.32 Å². The Labute approximate surface area is 224 Å². The van der Waals surface area contributed by atoms with Crippen LogP contribution >= 0.6 is 11.3 Å². The number of amides is 2. The van der Waals surface area contributed by atoms with Gasteiger partial charge in [0.25, 0.3) is 0 Å². The molecule has 0 fully saturated rings. The zero-order chi connectivity index (χ0) is 28.6. The van der Waals surface area contributed by atoms with Gasteiger partial charge >= 0.3 is 11.9 Å². The van der Waals surface area contributed by atoms with Crippen LogP contribution in [0.1, 0.15) is 82.9 Å². The van der Waals surface area contributed by atoms with E-state index in [0.717, 1.165) is 11.3 Å². The van der Waals surface area contributed by atoms with Gasteiger partial charge in [-0.2, -0.15) is 0 Å². The van der Waals surface area contributed by atoms with E-state index in [1.165, 1.54) is 12.3 Å². The predicted octanol–water partition coefficient (Wildman–Crippen LogP) is 3.44. The van der Waals surface area contributed by atoms with Crippen molar-refractivity contribution < 1.29 is 29.0 Å². The average molecular weight is 541 g/mol. The molecule has 210 valence electrons. The minimum Gasteiger partial charge on any atom is -0.476 e. The first-order chi connectivity index (χ1) is 17.1. The molecule has 10 nitrogen and oxygen atoms in total. The third kappa shape index (κ3) is 9.07. The van der Waals surface area contributed by atoms with Crippen molar-refractivity contribution in [2.24, 2.45) is 17.8 Å². The molecule has 0 radical (unpaired) electrons. The maximum Gasteiger partial charge on any atom is 0.355 e. The van der Waals surface area contributed by atoms with Crippen molar-refractivity contribution in [1.82, 2.24) is 20.1 Å². The summed E-state index contributed by atoms with van der Waals surface area (Å²) in [5.41, 5.74) is -0.122. The number of carbonyl (C=O) groups excluding carboxylic acids is 3. The van der Waals surface area contributed by atoms with Gasteiger partial charge in [-0.15, -0.1) is 11.3 Å². The zero-order valence-corrected chi connectivity index (χ0v) is 24.6. The van der Waals surface area contributed by atoms with Gasteiger partial charge in [-0.1, -0.05) is 48.0 Å². The van der Waals surface area contributed by atoms with Gasteiger partial charge in [-0.05, 0) is 31.8 Å². The van der Waals surface area contributed by atoms with Gasteiger partial charge in [0.05, 0.1) is 6.04 Å². The molecule has 11 heteroatoms. The second-order valence-electron chi connectivity index (χ2n) is 10.5. The molecule has 0 aromatic carbocycles. The summed E-state index contributed by atoms with van der Waals surface area (Å²) in [5, 5.41) is 14.0. The molecule has 0 bridgehead atoms. The third-order valence-electron chi connectivity index (χ3n) is 6.63. The van der Waals surface area contributed by atoms with Crippen LogP contribution in [0.5, 0.6) is 0 Å². The van der Waals surface area contributed by atoms with E-state index in [0.29, 0.717) is 11.4 Å². The number of nitrogens with one attached hydrogen (secondary N) is 1. The van der Waals surface area contributed by atoms with Crippen LogP contribution in [0.15, 0.2) is 5.38 Å². The summed E-state index contributed by atoms with van der Waals surface area (Å²) in [6.45, 7) is 13.0. The van der Waals surface area contributed by atoms with Crippen LogP contribution in [-0.4, -0.2) is 82.9 Å². The molecule has 37 heavy (non-hydrogen) atoms. The summed E-state index contributed by atoms with van der Waals surface area (Å²) < 4.78 is 5.52. The van der Waals surface area contributed by atoms with Crippen LogP contribution in [-0.2, 0) is 19.1 Å². The number of hydrogen-bond donors (Lipinski definition) is 2. The number of nitrogens with zero attached hydrogens (tertiary/aromatic N) is 3. The number of rotatable bonds is 14. The predicted molar refractivity (Wildman–Crippen MR) is 143 cm³/mol. The number of carboxylic acid groups (broad SMARTS) is 1. The van der Waals surface area contributed by atoms with Crippen molar-refractivity contribution in [2.45, 2.75) is 85.5 Å². The third-order valence-corrected chi connectivity index (χ3v) is 7.56. The summed E-state index contributed by atoms with van der Waals surface area (Å²) in [7, 11) is 5.37. The topological polar surface area (TPSA) is 129 Å². The van der Waals surface area contributed by atoms with Gasteiger partial charge in [-0.25, -0.2) is 9.78 Å². The molecule has 1 rings (SSSR count). The van der Waals surface area contributed by atoms with Crippen molar-refractivity contribution in [1.29, 1.82) is 0 Å². The number of aromatic nitrogens is 1. The average Bonchev–Trinajstić information content (AvgIpc) is 3.28. The molecular weight excluding hydrogens is 496 g/mol. The lowest BCUT2D eigenvalue weighted by Crippen LogP contribution is -2.58. The van der Waals surface area contributed by atoms with Crippen LogP contribution in [0.3, 0.4) is 0 Å². The largest absolute Gasteiger partial charge is 0.476 e. The van der Waals surface area contributed by atoms with Gasteiger partial charge < -0.3 is 20.1 Å². The Bertz CT molecular complexity index is 924. The SMILES string of the molecule is CC[C@H](C)[C@H](NC(=O)[C@H](C(C)C)N(C)C)C(=O)N(C)[C@H](C[C@@H](OC(C)=O)c1nc(C(=O)O)cs1)C(C)C. The quantitative estimate of drug-likeness (QED) is 0.343. The fraction of sp³-hybridized carbons (Fsp3) is 0.731. The summed E-state index contributed by atoms with van der Waals surface area (Å²) in [4.78, 5) is 57.8. The van der Waals surface area contributed by atoms with Gasteiger partial charge in [0.2, 0.25) is 11.8 Å². The highest BCUT2D eigenvalue weighted by Gasteiger charge is 2.37. The van der Waals surface area contributed by atoms with Crippen LogP contribution in [0.2, 0.25) is 0 Å². The maximum atomic E-state index is 13.8. The highest BCUT2D eigenvalue weighted by atomic mass is 32.1. The summed E-state index contributed by atoms with van der Waals surface area (Å²) in [6, 6.07) is -1.48. The minimum absolute atomic E-state index is 0.0237. The fourth-order valence-electron chi connectivity index (χ4n) is 4.47. The van der Waals surface area contributed by atoms with Crippen molar-refractivity contribution in [3.8, 4) is 0 Å². The molecule has 0 spiro atoms. The summed E-state index contributed by atoms with van der Waals surface area (Å²) >= 11 is 1.10. The van der Waals surface area contributed by atoms with Crippen molar-refractivity contribution in [3.05, 3.63) is 16.1 Å². The van der Waals surface area contributed by atoms with Crippen molar-refractivity contribution in [3.63, 3.8) is 0 Å². The van der Waals surface area contributed by atoms with Gasteiger partial charge in [-0.3, -0.25) is 19.3 Å².